The average molecular weight is 255 g/mol. The van der Waals surface area contributed by atoms with Gasteiger partial charge in [0.1, 0.15) is 5.82 Å². The van der Waals surface area contributed by atoms with Crippen LogP contribution in [0.2, 0.25) is 0 Å². The Kier molecular flexibility index (Phi) is 4.67. The third-order valence-electron chi connectivity index (χ3n) is 2.72. The van der Waals surface area contributed by atoms with Gasteiger partial charge in [-0.3, -0.25) is 0 Å². The molecule has 0 saturated heterocycles. The smallest absolute Gasteiger partial charge is 0.340 e. The van der Waals surface area contributed by atoms with Crippen LogP contribution in [0.15, 0.2) is 18.2 Å². The van der Waals surface area contributed by atoms with Crippen molar-refractivity contribution in [1.29, 1.82) is 0 Å². The molecule has 1 aromatic rings. The summed E-state index contributed by atoms with van der Waals surface area (Å²) in [5.74, 6) is -1.04. The van der Waals surface area contributed by atoms with Gasteiger partial charge in [-0.15, -0.1) is 0 Å². The number of methoxy groups -OCH3 is 1. The highest BCUT2D eigenvalue weighted by Gasteiger charge is 2.18. The molecule has 0 aromatic heterocycles. The summed E-state index contributed by atoms with van der Waals surface area (Å²) >= 11 is 0. The average Bonchev–Trinajstić information content (AvgIpc) is 2.28. The van der Waals surface area contributed by atoms with E-state index >= 15 is 0 Å². The number of carbonyl (C=O) groups excluding carboxylic acids is 1. The Labute approximate surface area is 106 Å². The zero-order valence-corrected chi connectivity index (χ0v) is 10.8. The second-order valence-corrected chi connectivity index (χ2v) is 4.58. The molecule has 0 aliphatic heterocycles. The molecule has 0 bridgehead atoms. The second kappa shape index (κ2) is 5.82. The molecule has 2 N–H and O–H groups in total. The molecule has 0 amide bonds. The fourth-order valence-corrected chi connectivity index (χ4v) is 1.29. The van der Waals surface area contributed by atoms with Crippen LogP contribution in [0.5, 0.6) is 0 Å². The van der Waals surface area contributed by atoms with Crippen LogP contribution in [0.1, 0.15) is 30.6 Å². The van der Waals surface area contributed by atoms with Gasteiger partial charge in [0, 0.05) is 19.2 Å². The number of anilines is 1. The van der Waals surface area contributed by atoms with E-state index in [2.05, 4.69) is 0 Å². The Morgan fingerprint density at radius 3 is 2.67 bits per heavy atom. The Hall–Kier alpha value is -1.62. The van der Waals surface area contributed by atoms with Crippen molar-refractivity contribution in [2.75, 3.05) is 19.5 Å². The van der Waals surface area contributed by atoms with E-state index < -0.39 is 11.8 Å². The Bertz CT molecular complexity index is 432. The molecule has 100 valence electrons. The zero-order valence-electron chi connectivity index (χ0n) is 10.8. The van der Waals surface area contributed by atoms with E-state index in [0.717, 1.165) is 6.07 Å². The van der Waals surface area contributed by atoms with E-state index in [1.54, 1.807) is 7.11 Å². The zero-order chi connectivity index (χ0) is 13.8. The quantitative estimate of drug-likeness (QED) is 0.648. The van der Waals surface area contributed by atoms with Crippen molar-refractivity contribution in [3.05, 3.63) is 29.6 Å². The van der Waals surface area contributed by atoms with Gasteiger partial charge in [-0.05, 0) is 32.0 Å². The minimum atomic E-state index is -0.556. The number of rotatable bonds is 5. The van der Waals surface area contributed by atoms with Crippen molar-refractivity contribution < 1.29 is 18.7 Å². The highest BCUT2D eigenvalue weighted by Crippen LogP contribution is 2.16. The molecular weight excluding hydrogens is 237 g/mol. The van der Waals surface area contributed by atoms with Gasteiger partial charge in [0.25, 0.3) is 0 Å². The number of halogens is 1. The maximum absolute atomic E-state index is 12.8. The summed E-state index contributed by atoms with van der Waals surface area (Å²) in [7, 11) is 1.60. The summed E-state index contributed by atoms with van der Waals surface area (Å²) < 4.78 is 23.1. The van der Waals surface area contributed by atoms with E-state index in [4.69, 9.17) is 15.2 Å². The Morgan fingerprint density at radius 1 is 1.44 bits per heavy atom. The van der Waals surface area contributed by atoms with Crippen LogP contribution in [0.4, 0.5) is 10.1 Å². The van der Waals surface area contributed by atoms with Crippen LogP contribution in [0, 0.1) is 5.82 Å². The third-order valence-corrected chi connectivity index (χ3v) is 2.72. The topological polar surface area (TPSA) is 61.5 Å². The standard InChI is InChI=1S/C13H18FNO3/c1-13(2,17-3)6-7-18-12(16)10-5-4-9(14)8-11(10)15/h4-5,8H,6-7,15H2,1-3H3. The highest BCUT2D eigenvalue weighted by molar-refractivity contribution is 5.94. The molecule has 1 aromatic carbocycles. The van der Waals surface area contributed by atoms with Gasteiger partial charge in [-0.25, -0.2) is 9.18 Å². The lowest BCUT2D eigenvalue weighted by Crippen LogP contribution is -2.25. The molecule has 0 fully saturated rings. The Morgan fingerprint density at radius 2 is 2.11 bits per heavy atom. The number of esters is 1. The molecule has 1 rings (SSSR count). The molecule has 4 nitrogen and oxygen atoms in total. The number of benzene rings is 1. The van der Waals surface area contributed by atoms with Crippen LogP contribution < -0.4 is 5.73 Å². The van der Waals surface area contributed by atoms with Crippen LogP contribution >= 0.6 is 0 Å². The van der Waals surface area contributed by atoms with Gasteiger partial charge in [-0.2, -0.15) is 0 Å². The lowest BCUT2D eigenvalue weighted by Gasteiger charge is -2.22. The summed E-state index contributed by atoms with van der Waals surface area (Å²) in [4.78, 5) is 11.7. The fraction of sp³-hybridized carbons (Fsp3) is 0.462. The lowest BCUT2D eigenvalue weighted by atomic mass is 10.1. The highest BCUT2D eigenvalue weighted by atomic mass is 19.1. The number of nitrogens with two attached hydrogens (primary N) is 1. The van der Waals surface area contributed by atoms with Crippen LogP contribution in [-0.2, 0) is 9.47 Å². The summed E-state index contributed by atoms with van der Waals surface area (Å²) in [5.41, 5.74) is 5.44. The monoisotopic (exact) mass is 255 g/mol. The second-order valence-electron chi connectivity index (χ2n) is 4.58. The van der Waals surface area contributed by atoms with Gasteiger partial charge >= 0.3 is 5.97 Å². The van der Waals surface area contributed by atoms with Gasteiger partial charge in [-0.1, -0.05) is 0 Å². The van der Waals surface area contributed by atoms with E-state index in [9.17, 15) is 9.18 Å². The van der Waals surface area contributed by atoms with Crippen molar-refractivity contribution in [2.45, 2.75) is 25.9 Å². The number of nitrogen functional groups attached to an aromatic ring is 1. The predicted molar refractivity (Wildman–Crippen MR) is 66.8 cm³/mol. The van der Waals surface area contributed by atoms with Gasteiger partial charge in [0.2, 0.25) is 0 Å². The van der Waals surface area contributed by atoms with Crippen molar-refractivity contribution in [1.82, 2.24) is 0 Å². The number of hydrogen-bond donors (Lipinski definition) is 1. The number of hydrogen-bond acceptors (Lipinski definition) is 4. The van der Waals surface area contributed by atoms with E-state index in [1.807, 2.05) is 13.8 Å². The maximum atomic E-state index is 12.8. The summed E-state index contributed by atoms with van der Waals surface area (Å²) in [6, 6.07) is 3.58. The molecule has 0 aliphatic rings. The molecule has 5 heteroatoms. The number of carbonyl (C=O) groups is 1. The van der Waals surface area contributed by atoms with E-state index in [0.29, 0.717) is 6.42 Å². The minimum Gasteiger partial charge on any atom is -0.462 e. The van der Waals surface area contributed by atoms with Crippen molar-refractivity contribution in [3.8, 4) is 0 Å². The molecule has 0 heterocycles. The first-order chi connectivity index (χ1) is 8.35. The molecule has 0 saturated carbocycles. The first-order valence-corrected chi connectivity index (χ1v) is 5.63. The minimum absolute atomic E-state index is 0.0750. The normalized spacial score (nSPS) is 11.3. The Balaban J connectivity index is 2.56. The molecule has 18 heavy (non-hydrogen) atoms. The van der Waals surface area contributed by atoms with Crippen molar-refractivity contribution in [2.24, 2.45) is 0 Å². The SMILES string of the molecule is COC(C)(C)CCOC(=O)c1ccc(F)cc1N. The number of ether oxygens (including phenoxy) is 2. The predicted octanol–water partition coefficient (Wildman–Crippen LogP) is 2.38. The first-order valence-electron chi connectivity index (χ1n) is 5.63. The van der Waals surface area contributed by atoms with Gasteiger partial charge < -0.3 is 15.2 Å². The molecule has 0 aliphatic carbocycles. The fourth-order valence-electron chi connectivity index (χ4n) is 1.29. The maximum Gasteiger partial charge on any atom is 0.340 e. The summed E-state index contributed by atoms with van der Waals surface area (Å²) in [6.45, 7) is 4.01. The summed E-state index contributed by atoms with van der Waals surface area (Å²) in [5, 5.41) is 0. The van der Waals surface area contributed by atoms with Crippen LogP contribution in [0.25, 0.3) is 0 Å². The van der Waals surface area contributed by atoms with E-state index in [-0.39, 0.29) is 23.5 Å². The molecule has 0 atom stereocenters. The third kappa shape index (κ3) is 4.00. The van der Waals surface area contributed by atoms with Gasteiger partial charge in [0.15, 0.2) is 0 Å². The molecule has 0 spiro atoms. The molecular formula is C13H18FNO3. The molecule has 0 radical (unpaired) electrons. The molecule has 0 unspecified atom stereocenters. The summed E-state index contributed by atoms with van der Waals surface area (Å²) in [6.07, 6.45) is 0.566. The largest absolute Gasteiger partial charge is 0.462 e. The lowest BCUT2D eigenvalue weighted by molar-refractivity contribution is -0.00559. The first kappa shape index (κ1) is 14.4. The van der Waals surface area contributed by atoms with Gasteiger partial charge in [0.05, 0.1) is 17.8 Å². The van der Waals surface area contributed by atoms with Crippen LogP contribution in [-0.4, -0.2) is 25.3 Å². The van der Waals surface area contributed by atoms with Crippen LogP contribution in [0.3, 0.4) is 0 Å². The van der Waals surface area contributed by atoms with Crippen molar-refractivity contribution in [3.63, 3.8) is 0 Å². The van der Waals surface area contributed by atoms with Crippen molar-refractivity contribution >= 4 is 11.7 Å². The van der Waals surface area contributed by atoms with E-state index in [1.165, 1.54) is 12.1 Å².